The fourth-order valence-electron chi connectivity index (χ4n) is 13.8. The van der Waals surface area contributed by atoms with Crippen LogP contribution in [0.15, 0.2) is 302 Å². The third-order valence-electron chi connectivity index (χ3n) is 17.2. The number of hydrogen-bond acceptors (Lipinski definition) is 2. The first-order valence-electron chi connectivity index (χ1n) is 27.0. The van der Waals surface area contributed by atoms with E-state index in [1.54, 1.807) is 0 Å². The van der Waals surface area contributed by atoms with E-state index in [9.17, 15) is 0 Å². The van der Waals surface area contributed by atoms with Gasteiger partial charge in [0.2, 0.25) is 0 Å². The molecule has 1 unspecified atom stereocenters. The largest absolute Gasteiger partial charge is 0.456 e. The zero-order valence-electron chi connectivity index (χ0n) is 42.6. The minimum absolute atomic E-state index is 0.527. The molecule has 2 nitrogen and oxygen atoms in total. The number of benzene rings is 13. The summed E-state index contributed by atoms with van der Waals surface area (Å²) in [6.07, 6.45) is 0. The molecule has 2 aliphatic rings. The second-order valence-electron chi connectivity index (χ2n) is 21.1. The Labute approximate surface area is 454 Å². The Morgan fingerprint density at radius 2 is 0.885 bits per heavy atom. The van der Waals surface area contributed by atoms with E-state index < -0.39 is 13.5 Å². The Hall–Kier alpha value is -9.80. The van der Waals surface area contributed by atoms with Crippen molar-refractivity contribution < 1.29 is 4.42 Å². The topological polar surface area (TPSA) is 16.4 Å². The quantitative estimate of drug-likeness (QED) is 0.141. The molecule has 0 bridgehead atoms. The third kappa shape index (κ3) is 6.49. The van der Waals surface area contributed by atoms with E-state index in [-0.39, 0.29) is 0 Å². The van der Waals surface area contributed by atoms with Crippen molar-refractivity contribution in [2.45, 2.75) is 5.41 Å². The Balaban J connectivity index is 0.874. The number of rotatable bonds is 8. The van der Waals surface area contributed by atoms with Crippen molar-refractivity contribution in [3.8, 4) is 33.4 Å². The van der Waals surface area contributed by atoms with Crippen molar-refractivity contribution in [1.82, 2.24) is 0 Å². The van der Waals surface area contributed by atoms with Crippen LogP contribution in [0.4, 0.5) is 17.1 Å². The lowest BCUT2D eigenvalue weighted by Crippen LogP contribution is -2.72. The average Bonchev–Trinajstić information content (AvgIpc) is 4.31. The smallest absolute Gasteiger partial charge is 0.180 e. The van der Waals surface area contributed by atoms with Crippen molar-refractivity contribution in [2.24, 2.45) is 0 Å². The summed E-state index contributed by atoms with van der Waals surface area (Å²) in [5.41, 5.74) is 17.1. The summed E-state index contributed by atoms with van der Waals surface area (Å²) in [6.45, 7) is 0. The summed E-state index contributed by atoms with van der Waals surface area (Å²) in [6, 6.07) is 111. The molecule has 1 aliphatic heterocycles. The first-order valence-corrected chi connectivity index (χ1v) is 29.0. The van der Waals surface area contributed by atoms with Gasteiger partial charge in [-0.25, -0.2) is 0 Å². The van der Waals surface area contributed by atoms with E-state index in [0.29, 0.717) is 0 Å². The Bertz CT molecular complexity index is 4650. The molecule has 0 spiro atoms. The Morgan fingerprint density at radius 3 is 1.67 bits per heavy atom. The Morgan fingerprint density at radius 1 is 0.295 bits per heavy atom. The number of anilines is 3. The predicted molar refractivity (Wildman–Crippen MR) is 329 cm³/mol. The van der Waals surface area contributed by atoms with Crippen LogP contribution in [0.2, 0.25) is 0 Å². The number of nitrogens with zero attached hydrogens (tertiary/aromatic N) is 1. The molecule has 364 valence electrons. The average molecular weight is 1010 g/mol. The molecule has 0 saturated heterocycles. The van der Waals surface area contributed by atoms with Crippen LogP contribution in [0.3, 0.4) is 0 Å². The zero-order chi connectivity index (χ0) is 51.4. The highest BCUT2D eigenvalue weighted by atomic mass is 28.3. The van der Waals surface area contributed by atoms with E-state index >= 15 is 0 Å². The van der Waals surface area contributed by atoms with Gasteiger partial charge in [-0.15, -0.1) is 0 Å². The van der Waals surface area contributed by atoms with Crippen LogP contribution in [0.25, 0.3) is 76.9 Å². The van der Waals surface area contributed by atoms with Gasteiger partial charge in [0.25, 0.3) is 0 Å². The van der Waals surface area contributed by atoms with Gasteiger partial charge in [-0.2, -0.15) is 0 Å². The first-order chi connectivity index (χ1) is 38.6. The molecule has 0 radical (unpaired) electrons. The maximum atomic E-state index is 6.60. The van der Waals surface area contributed by atoms with E-state index in [1.165, 1.54) is 97.9 Å². The number of hydrogen-bond donors (Lipinski definition) is 0. The van der Waals surface area contributed by atoms with Crippen LogP contribution < -0.4 is 25.6 Å². The van der Waals surface area contributed by atoms with Gasteiger partial charge in [0.1, 0.15) is 11.2 Å². The van der Waals surface area contributed by atoms with Gasteiger partial charge in [0, 0.05) is 27.8 Å². The van der Waals surface area contributed by atoms with Gasteiger partial charge < -0.3 is 9.32 Å². The van der Waals surface area contributed by atoms with Crippen LogP contribution in [0.5, 0.6) is 0 Å². The minimum atomic E-state index is -2.97. The normalized spacial score (nSPS) is 14.8. The molecular weight excluding hydrogens is 959 g/mol. The molecule has 1 aromatic heterocycles. The lowest BCUT2D eigenvalue weighted by atomic mass is 9.67. The molecule has 13 aromatic carbocycles. The highest BCUT2D eigenvalue weighted by Crippen LogP contribution is 2.57. The molecule has 14 aromatic rings. The molecule has 0 N–H and O–H groups in total. The lowest BCUT2D eigenvalue weighted by Gasteiger charge is -2.35. The van der Waals surface area contributed by atoms with Gasteiger partial charge >= 0.3 is 0 Å². The first kappa shape index (κ1) is 44.5. The minimum Gasteiger partial charge on any atom is -0.456 e. The third-order valence-corrected chi connectivity index (χ3v) is 22.0. The molecule has 0 amide bonds. The molecule has 1 aliphatic carbocycles. The molecule has 0 fully saturated rings. The second kappa shape index (κ2) is 17.4. The van der Waals surface area contributed by atoms with Crippen LogP contribution in [0.1, 0.15) is 22.3 Å². The summed E-state index contributed by atoms with van der Waals surface area (Å²) in [4.78, 5) is 2.45. The summed E-state index contributed by atoms with van der Waals surface area (Å²) in [7, 11) is -2.97. The number of para-hydroxylation sites is 1. The summed E-state index contributed by atoms with van der Waals surface area (Å²) >= 11 is 0. The molecule has 3 heteroatoms. The maximum absolute atomic E-state index is 6.60. The van der Waals surface area contributed by atoms with Crippen LogP contribution >= 0.6 is 0 Å². The fraction of sp³-hybridized carbons (Fsp3) is 0.0133. The number of fused-ring (bicyclic) bond motifs is 11. The monoisotopic (exact) mass is 1010 g/mol. The molecule has 1 atom stereocenters. The number of furan rings is 1. The van der Waals surface area contributed by atoms with Crippen LogP contribution in [-0.4, -0.2) is 8.07 Å². The van der Waals surface area contributed by atoms with E-state index in [2.05, 4.69) is 302 Å². The van der Waals surface area contributed by atoms with Crippen molar-refractivity contribution >= 4 is 89.4 Å². The summed E-state index contributed by atoms with van der Waals surface area (Å²) in [5.74, 6) is 0. The fourth-order valence-corrected chi connectivity index (χ4v) is 19.0. The summed E-state index contributed by atoms with van der Waals surface area (Å²) < 4.78 is 6.60. The molecule has 0 saturated carbocycles. The van der Waals surface area contributed by atoms with Crippen LogP contribution in [0, 0.1) is 0 Å². The maximum Gasteiger partial charge on any atom is 0.180 e. The van der Waals surface area contributed by atoms with Crippen LogP contribution in [-0.2, 0) is 5.41 Å². The summed E-state index contributed by atoms with van der Waals surface area (Å²) in [5, 5.41) is 12.8. The van der Waals surface area contributed by atoms with Crippen molar-refractivity contribution in [3.63, 3.8) is 0 Å². The predicted octanol–water partition coefficient (Wildman–Crippen LogP) is 16.8. The van der Waals surface area contributed by atoms with Gasteiger partial charge in [0.15, 0.2) is 8.07 Å². The standard InChI is InChI=1S/C75H49NOSi/c1-3-23-56(24-4-1)75(57-25-5-2-6-26-57)69-31-14-11-28-63(69)64-43-41-60(47-70(64)75)76(59-40-36-50-18-7-9-20-53(50)44-59)58-38-34-52(35-39-58)55-22-17-27-61(45-55)78(62-42-37-51-19-8-10-21-54(51)46-62)73-33-16-13-30-66(73)68-48-72-67(49-74(68)78)65-29-12-15-32-71(65)77-72/h1-49H. The zero-order valence-corrected chi connectivity index (χ0v) is 43.6. The van der Waals surface area contributed by atoms with Gasteiger partial charge in [-0.05, 0) is 153 Å². The van der Waals surface area contributed by atoms with Crippen molar-refractivity contribution in [3.05, 3.63) is 320 Å². The van der Waals surface area contributed by atoms with E-state index in [4.69, 9.17) is 4.42 Å². The molecule has 78 heavy (non-hydrogen) atoms. The Kier molecular flexibility index (Phi) is 9.91. The van der Waals surface area contributed by atoms with Gasteiger partial charge in [0.05, 0.1) is 5.41 Å². The van der Waals surface area contributed by atoms with Gasteiger partial charge in [-0.1, -0.05) is 243 Å². The van der Waals surface area contributed by atoms with Crippen molar-refractivity contribution in [1.29, 1.82) is 0 Å². The van der Waals surface area contributed by atoms with E-state index in [1.807, 2.05) is 0 Å². The second-order valence-corrected chi connectivity index (χ2v) is 24.8. The highest BCUT2D eigenvalue weighted by Gasteiger charge is 2.50. The SMILES string of the molecule is c1ccc(C2(c3ccccc3)c3ccccc3-c3ccc(N(c4ccc(-c5cccc([Si]6(c7ccc8ccccc8c7)c7ccccc7-c7cc8oc9ccccc9c8cc76)c5)cc4)c4ccc5ccccc5c4)cc32)cc1. The van der Waals surface area contributed by atoms with E-state index in [0.717, 1.165) is 39.0 Å². The molecule has 16 rings (SSSR count). The van der Waals surface area contributed by atoms with Gasteiger partial charge in [-0.3, -0.25) is 0 Å². The highest BCUT2D eigenvalue weighted by molar-refractivity contribution is 7.22. The molecule has 2 heterocycles. The lowest BCUT2D eigenvalue weighted by molar-refractivity contribution is 0.669. The van der Waals surface area contributed by atoms with Crippen molar-refractivity contribution in [2.75, 3.05) is 4.90 Å². The molecular formula is C75H49NOSi.